The van der Waals surface area contributed by atoms with Gasteiger partial charge in [0.05, 0.1) is 10.1 Å². The van der Waals surface area contributed by atoms with Gasteiger partial charge in [0.25, 0.3) is 0 Å². The van der Waals surface area contributed by atoms with E-state index in [-0.39, 0.29) is 37.7 Å². The zero-order valence-corrected chi connectivity index (χ0v) is 9.27. The van der Waals surface area contributed by atoms with Crippen LogP contribution < -0.4 is 37.7 Å². The molecule has 0 amide bonds. The predicted octanol–water partition coefficient (Wildman–Crippen LogP) is -7.23. The summed E-state index contributed by atoms with van der Waals surface area (Å²) < 4.78 is 71.1. The predicted molar refractivity (Wildman–Crippen MR) is 33.8 cm³/mol. The molecule has 0 spiro atoms. The first kappa shape index (κ1) is 20.4. The third-order valence-electron chi connectivity index (χ3n) is 0.908. The van der Waals surface area contributed by atoms with Gasteiger partial charge in [-0.05, 0) is 0 Å². The van der Waals surface area contributed by atoms with Crippen LogP contribution in [0.25, 0.3) is 0 Å². The summed E-state index contributed by atoms with van der Waals surface area (Å²) in [7, 11) is -9.82. The van der Waals surface area contributed by atoms with Crippen LogP contribution in [0.1, 0.15) is 6.42 Å². The maximum absolute atomic E-state index is 12.1. The van der Waals surface area contributed by atoms with Gasteiger partial charge < -0.3 is 9.11 Å². The van der Waals surface area contributed by atoms with Crippen molar-refractivity contribution < 1.29 is 68.1 Å². The summed E-state index contributed by atoms with van der Waals surface area (Å²) in [5.74, 6) is -1.20. The van der Waals surface area contributed by atoms with Crippen molar-refractivity contribution in [1.29, 1.82) is 0 Å². The fourth-order valence-electron chi connectivity index (χ4n) is 0.381. The zero-order valence-electron chi connectivity index (χ0n) is 7.64. The van der Waals surface area contributed by atoms with E-state index in [1.165, 1.54) is 0 Å². The maximum atomic E-state index is 12.1. The third kappa shape index (κ3) is 11.0. The van der Waals surface area contributed by atoms with Crippen LogP contribution in [-0.4, -0.2) is 37.2 Å². The minimum atomic E-state index is -5.15. The van der Waals surface area contributed by atoms with Crippen LogP contribution in [0.5, 0.6) is 0 Å². The Balaban J connectivity index is -0.000000605. The van der Waals surface area contributed by atoms with Crippen molar-refractivity contribution in [2.45, 2.75) is 11.9 Å². The van der Waals surface area contributed by atoms with Crippen LogP contribution >= 0.6 is 0 Å². The molecule has 0 aliphatic heterocycles. The van der Waals surface area contributed by atoms with Crippen molar-refractivity contribution in [3.63, 3.8) is 0 Å². The number of halogens is 1. The smallest absolute Gasteiger partial charge is 0.748 e. The largest absolute Gasteiger partial charge is 1.00 e. The summed E-state index contributed by atoms with van der Waals surface area (Å²) in [6.07, 6.45) is -1.11. The van der Waals surface area contributed by atoms with Crippen LogP contribution in [0, 0.1) is 0 Å². The van der Waals surface area contributed by atoms with E-state index in [9.17, 15) is 30.3 Å². The average Bonchev–Trinajstić information content (AvgIpc) is 1.78. The summed E-state index contributed by atoms with van der Waals surface area (Å²) in [5, 5.41) is 0. The molecule has 0 aromatic carbocycles. The number of hydrogen-bond acceptors (Lipinski definition) is 6. The molecule has 74 valence electrons. The van der Waals surface area contributed by atoms with E-state index >= 15 is 0 Å². The molecular weight excluding hydrogens is 229 g/mol. The molecule has 0 bridgehead atoms. The summed E-state index contributed by atoms with van der Waals surface area (Å²) in [6.45, 7) is 0. The molecule has 11 heteroatoms. The SMILES string of the molecule is O=S(=O)([O-])CCC(F)S(=O)(=O)[O-].[Li+].[Li+]. The molecule has 0 aliphatic carbocycles. The second-order valence-corrected chi connectivity index (χ2v) is 4.97. The van der Waals surface area contributed by atoms with Gasteiger partial charge in [0, 0.05) is 12.2 Å². The minimum absolute atomic E-state index is 0. The first-order valence-electron chi connectivity index (χ1n) is 2.65. The van der Waals surface area contributed by atoms with Gasteiger partial charge >= 0.3 is 37.7 Å². The van der Waals surface area contributed by atoms with Crippen LogP contribution in [0.3, 0.4) is 0 Å². The topological polar surface area (TPSA) is 114 Å². The first-order chi connectivity index (χ1) is 5.13. The van der Waals surface area contributed by atoms with Crippen molar-refractivity contribution in [2.75, 3.05) is 5.75 Å². The second-order valence-electron chi connectivity index (χ2n) is 1.95. The average molecular weight is 234 g/mol. The van der Waals surface area contributed by atoms with Crippen LogP contribution in [0.15, 0.2) is 0 Å². The van der Waals surface area contributed by atoms with Gasteiger partial charge in [-0.1, -0.05) is 0 Å². The Morgan fingerprint density at radius 1 is 1.07 bits per heavy atom. The number of hydrogen-bond donors (Lipinski definition) is 0. The van der Waals surface area contributed by atoms with Gasteiger partial charge in [0.15, 0.2) is 5.50 Å². The van der Waals surface area contributed by atoms with E-state index in [1.807, 2.05) is 0 Å². The Hall–Kier alpha value is 0.945. The summed E-state index contributed by atoms with van der Waals surface area (Å²) in [5.41, 5.74) is -2.83. The third-order valence-corrected chi connectivity index (χ3v) is 2.51. The molecular formula is C3H5FLi2O6S2. The Morgan fingerprint density at radius 2 is 1.43 bits per heavy atom. The molecule has 0 saturated carbocycles. The number of rotatable bonds is 4. The second kappa shape index (κ2) is 7.26. The molecule has 0 rings (SSSR count). The molecule has 14 heavy (non-hydrogen) atoms. The summed E-state index contributed by atoms with van der Waals surface area (Å²) in [6, 6.07) is 0. The summed E-state index contributed by atoms with van der Waals surface area (Å²) in [4.78, 5) is 0. The molecule has 0 aliphatic rings. The van der Waals surface area contributed by atoms with Crippen molar-refractivity contribution in [1.82, 2.24) is 0 Å². The molecule has 0 aromatic rings. The van der Waals surface area contributed by atoms with E-state index in [4.69, 9.17) is 0 Å². The Labute approximate surface area is 105 Å². The maximum Gasteiger partial charge on any atom is 1.00 e. The standard InChI is InChI=1S/C3H7FO6S2.2Li/c4-3(12(8,9)10)1-2-11(5,6)7;;/h3H,1-2H2,(H,5,6,7)(H,8,9,10);;/q;2*+1/p-2. The molecule has 6 nitrogen and oxygen atoms in total. The van der Waals surface area contributed by atoms with Crippen molar-refractivity contribution in [3.8, 4) is 0 Å². The molecule has 1 unspecified atom stereocenters. The van der Waals surface area contributed by atoms with Crippen LogP contribution in [0.4, 0.5) is 4.39 Å². The normalized spacial score (nSPS) is 13.6. The zero-order chi connectivity index (χ0) is 9.99. The molecule has 0 fully saturated rings. The Morgan fingerprint density at radius 3 is 1.64 bits per heavy atom. The van der Waals surface area contributed by atoms with Crippen molar-refractivity contribution in [3.05, 3.63) is 0 Å². The van der Waals surface area contributed by atoms with Crippen molar-refractivity contribution >= 4 is 20.2 Å². The quantitative estimate of drug-likeness (QED) is 0.352. The molecule has 0 radical (unpaired) electrons. The van der Waals surface area contributed by atoms with Crippen molar-refractivity contribution in [2.24, 2.45) is 0 Å². The number of alkyl halides is 1. The van der Waals surface area contributed by atoms with Crippen LogP contribution in [-0.2, 0) is 20.2 Å². The Kier molecular flexibility index (Phi) is 10.6. The molecule has 0 aromatic heterocycles. The van der Waals surface area contributed by atoms with E-state index < -0.39 is 37.9 Å². The summed E-state index contributed by atoms with van der Waals surface area (Å²) >= 11 is 0. The van der Waals surface area contributed by atoms with Gasteiger partial charge in [-0.25, -0.2) is 21.2 Å². The Bertz CT molecular complexity index is 336. The first-order valence-corrected chi connectivity index (χ1v) is 5.70. The van der Waals surface area contributed by atoms with Crippen LogP contribution in [0.2, 0.25) is 0 Å². The van der Waals surface area contributed by atoms with E-state index in [2.05, 4.69) is 0 Å². The molecule has 1 atom stereocenters. The minimum Gasteiger partial charge on any atom is -0.748 e. The van der Waals surface area contributed by atoms with Gasteiger partial charge in [0.2, 0.25) is 0 Å². The van der Waals surface area contributed by atoms with Gasteiger partial charge in [-0.15, -0.1) is 0 Å². The van der Waals surface area contributed by atoms with E-state index in [0.29, 0.717) is 0 Å². The monoisotopic (exact) mass is 234 g/mol. The molecule has 0 saturated heterocycles. The van der Waals surface area contributed by atoms with Gasteiger partial charge in [0.1, 0.15) is 10.1 Å². The fourth-order valence-corrected chi connectivity index (χ4v) is 1.43. The van der Waals surface area contributed by atoms with Gasteiger partial charge in [-0.3, -0.25) is 0 Å². The molecule has 0 heterocycles. The fraction of sp³-hybridized carbons (Fsp3) is 1.00. The molecule has 0 N–H and O–H groups in total. The van der Waals surface area contributed by atoms with Gasteiger partial charge in [-0.2, -0.15) is 0 Å². The van der Waals surface area contributed by atoms with E-state index in [1.54, 1.807) is 0 Å². The van der Waals surface area contributed by atoms with E-state index in [0.717, 1.165) is 0 Å².